The van der Waals surface area contributed by atoms with Gasteiger partial charge in [-0.25, -0.2) is 14.0 Å². The standard InChI is InChI=1S/C26H27FN4O5.C2HF3O2/c27-20-8-6-19(7-9-20)15-29-10-11-30-22(24(29)33)23(32)25(34)31(26(30)35)16-21-17-36-13-12-28(21)14-18-4-2-1-3-5-18;3-2(4,5)1(6)7/h1-9,21,32H,10-17H2;(H,6,7). The number of halogens is 4. The fourth-order valence-electron chi connectivity index (χ4n) is 4.80. The van der Waals surface area contributed by atoms with Gasteiger partial charge in [-0.15, -0.1) is 0 Å². The van der Waals surface area contributed by atoms with Crippen LogP contribution in [0.15, 0.2) is 64.2 Å². The van der Waals surface area contributed by atoms with E-state index < -0.39 is 35.1 Å². The molecule has 11 nitrogen and oxygen atoms in total. The molecule has 1 aromatic heterocycles. The average Bonchev–Trinajstić information content (AvgIpc) is 2.97. The van der Waals surface area contributed by atoms with Gasteiger partial charge in [0.2, 0.25) is 5.75 Å². The first kappa shape index (κ1) is 31.4. The molecule has 0 bridgehead atoms. The normalized spacial score (nSPS) is 17.2. The molecular weight excluding hydrogens is 580 g/mol. The minimum absolute atomic E-state index is 0.0336. The molecule has 2 aromatic carbocycles. The number of rotatable bonds is 6. The van der Waals surface area contributed by atoms with Gasteiger partial charge in [-0.1, -0.05) is 42.5 Å². The van der Waals surface area contributed by atoms with Crippen molar-refractivity contribution in [3.8, 4) is 5.75 Å². The Balaban J connectivity index is 0.000000541. The Morgan fingerprint density at radius 1 is 0.930 bits per heavy atom. The largest absolute Gasteiger partial charge is 0.501 e. The average molecular weight is 609 g/mol. The zero-order chi connectivity index (χ0) is 31.3. The lowest BCUT2D eigenvalue weighted by Crippen LogP contribution is -2.54. The summed E-state index contributed by atoms with van der Waals surface area (Å²) in [6.45, 7) is 2.71. The van der Waals surface area contributed by atoms with Crippen molar-refractivity contribution in [1.82, 2.24) is 18.9 Å². The van der Waals surface area contributed by atoms with Crippen LogP contribution < -0.4 is 11.2 Å². The van der Waals surface area contributed by atoms with Crippen molar-refractivity contribution in [1.29, 1.82) is 0 Å². The molecule has 15 heteroatoms. The van der Waals surface area contributed by atoms with Gasteiger partial charge in [0.25, 0.3) is 11.5 Å². The number of hydrogen-bond donors (Lipinski definition) is 2. The van der Waals surface area contributed by atoms with E-state index in [0.717, 1.165) is 10.1 Å². The number of aliphatic carboxylic acids is 1. The molecule has 0 saturated carbocycles. The maximum atomic E-state index is 13.3. The number of fused-ring (bicyclic) bond motifs is 1. The number of carbonyl (C=O) groups excluding carboxylic acids is 1. The Morgan fingerprint density at radius 3 is 2.19 bits per heavy atom. The molecule has 1 amide bonds. The number of alkyl halides is 3. The number of carboxylic acid groups (broad SMARTS) is 1. The van der Waals surface area contributed by atoms with Crippen LogP contribution in [-0.4, -0.2) is 79.5 Å². The van der Waals surface area contributed by atoms with Crippen LogP contribution in [0.25, 0.3) is 0 Å². The number of amides is 1. The van der Waals surface area contributed by atoms with E-state index in [9.17, 15) is 37.1 Å². The van der Waals surface area contributed by atoms with Gasteiger partial charge in [0.15, 0.2) is 5.69 Å². The maximum Gasteiger partial charge on any atom is 0.490 e. The van der Waals surface area contributed by atoms with Crippen molar-refractivity contribution >= 4 is 11.9 Å². The van der Waals surface area contributed by atoms with E-state index in [1.54, 1.807) is 12.1 Å². The highest BCUT2D eigenvalue weighted by molar-refractivity contribution is 5.95. The lowest BCUT2D eigenvalue weighted by molar-refractivity contribution is -0.192. The van der Waals surface area contributed by atoms with E-state index in [4.69, 9.17) is 14.6 Å². The number of hydrogen-bond acceptors (Lipinski definition) is 7. The zero-order valence-corrected chi connectivity index (χ0v) is 22.7. The second kappa shape index (κ2) is 13.2. The molecule has 3 aromatic rings. The van der Waals surface area contributed by atoms with Crippen molar-refractivity contribution in [2.24, 2.45) is 0 Å². The Hall–Kier alpha value is -4.50. The van der Waals surface area contributed by atoms with Gasteiger partial charge in [-0.3, -0.25) is 23.6 Å². The summed E-state index contributed by atoms with van der Waals surface area (Å²) in [4.78, 5) is 52.0. The van der Waals surface area contributed by atoms with E-state index in [-0.39, 0.29) is 43.7 Å². The lowest BCUT2D eigenvalue weighted by Gasteiger charge is -2.36. The molecule has 2 N–H and O–H groups in total. The SMILES string of the molecule is O=C(O)C(F)(F)F.O=C1c2c(O)c(=O)n(CC3COCCN3Cc3ccccc3)c(=O)n2CCN1Cc1ccc(F)cc1. The van der Waals surface area contributed by atoms with Gasteiger partial charge < -0.3 is 19.8 Å². The molecule has 3 heterocycles. The highest BCUT2D eigenvalue weighted by Crippen LogP contribution is 2.20. The summed E-state index contributed by atoms with van der Waals surface area (Å²) in [5.41, 5.74) is -0.0327. The van der Waals surface area contributed by atoms with Gasteiger partial charge in [-0.2, -0.15) is 13.2 Å². The van der Waals surface area contributed by atoms with Crippen LogP contribution in [0.2, 0.25) is 0 Å². The minimum atomic E-state index is -5.08. The maximum absolute atomic E-state index is 13.3. The first-order chi connectivity index (χ1) is 20.4. The molecule has 2 aliphatic rings. The number of ether oxygens (including phenoxy) is 1. The molecule has 230 valence electrons. The zero-order valence-electron chi connectivity index (χ0n) is 22.7. The van der Waals surface area contributed by atoms with Gasteiger partial charge in [0, 0.05) is 39.3 Å². The second-order valence-electron chi connectivity index (χ2n) is 9.89. The van der Waals surface area contributed by atoms with E-state index in [2.05, 4.69) is 4.90 Å². The van der Waals surface area contributed by atoms with Crippen molar-refractivity contribution in [2.45, 2.75) is 38.4 Å². The number of nitrogens with zero attached hydrogens (tertiary/aromatic N) is 4. The quantitative estimate of drug-likeness (QED) is 0.407. The topological polar surface area (TPSA) is 134 Å². The number of carbonyl (C=O) groups is 2. The van der Waals surface area contributed by atoms with Crippen LogP contribution in [0, 0.1) is 5.82 Å². The van der Waals surface area contributed by atoms with Crippen molar-refractivity contribution < 1.29 is 42.1 Å². The van der Waals surface area contributed by atoms with Crippen LogP contribution in [-0.2, 0) is 35.7 Å². The fraction of sp³-hybridized carbons (Fsp3) is 0.357. The number of carboxylic acids is 1. The van der Waals surface area contributed by atoms with Crippen molar-refractivity contribution in [3.05, 3.63) is 98.1 Å². The third-order valence-corrected chi connectivity index (χ3v) is 6.99. The molecule has 1 unspecified atom stereocenters. The van der Waals surface area contributed by atoms with Crippen LogP contribution in [0.5, 0.6) is 5.75 Å². The summed E-state index contributed by atoms with van der Waals surface area (Å²) in [5.74, 6) is -4.50. The van der Waals surface area contributed by atoms with Crippen molar-refractivity contribution in [2.75, 3.05) is 26.3 Å². The summed E-state index contributed by atoms with van der Waals surface area (Å²) in [7, 11) is 0. The fourth-order valence-corrected chi connectivity index (χ4v) is 4.80. The predicted molar refractivity (Wildman–Crippen MR) is 143 cm³/mol. The third-order valence-electron chi connectivity index (χ3n) is 6.99. The first-order valence-corrected chi connectivity index (χ1v) is 13.1. The van der Waals surface area contributed by atoms with Crippen LogP contribution in [0.1, 0.15) is 21.6 Å². The summed E-state index contributed by atoms with van der Waals surface area (Å²) in [6, 6.07) is 15.4. The van der Waals surface area contributed by atoms with Gasteiger partial charge in [0.1, 0.15) is 5.82 Å². The molecule has 5 rings (SSSR count). The molecule has 2 aliphatic heterocycles. The summed E-state index contributed by atoms with van der Waals surface area (Å²) in [6.07, 6.45) is -5.08. The smallest absolute Gasteiger partial charge is 0.490 e. The minimum Gasteiger partial charge on any atom is -0.501 e. The highest BCUT2D eigenvalue weighted by atomic mass is 19.4. The van der Waals surface area contributed by atoms with Crippen LogP contribution >= 0.6 is 0 Å². The van der Waals surface area contributed by atoms with Gasteiger partial charge in [0.05, 0.1) is 19.3 Å². The van der Waals surface area contributed by atoms with E-state index in [1.165, 1.54) is 21.6 Å². The Labute approximate surface area is 241 Å². The third kappa shape index (κ3) is 7.48. The highest BCUT2D eigenvalue weighted by Gasteiger charge is 2.38. The van der Waals surface area contributed by atoms with E-state index >= 15 is 0 Å². The number of morpholine rings is 1. The van der Waals surface area contributed by atoms with Crippen LogP contribution in [0.3, 0.4) is 0 Å². The summed E-state index contributed by atoms with van der Waals surface area (Å²) in [5, 5.41) is 17.9. The van der Waals surface area contributed by atoms with Gasteiger partial charge in [-0.05, 0) is 23.3 Å². The molecule has 1 saturated heterocycles. The lowest BCUT2D eigenvalue weighted by atomic mass is 10.1. The Morgan fingerprint density at radius 2 is 1.56 bits per heavy atom. The molecule has 0 spiro atoms. The van der Waals surface area contributed by atoms with E-state index in [0.29, 0.717) is 31.9 Å². The monoisotopic (exact) mass is 608 g/mol. The number of aromatic hydroxyl groups is 1. The molecule has 43 heavy (non-hydrogen) atoms. The van der Waals surface area contributed by atoms with E-state index in [1.807, 2.05) is 30.3 Å². The Kier molecular flexibility index (Phi) is 9.66. The molecule has 1 fully saturated rings. The predicted octanol–water partition coefficient (Wildman–Crippen LogP) is 2.04. The summed E-state index contributed by atoms with van der Waals surface area (Å²) >= 11 is 0. The number of aromatic nitrogens is 2. The van der Waals surface area contributed by atoms with Gasteiger partial charge >= 0.3 is 17.8 Å². The molecular formula is C28H28F4N4O7. The second-order valence-corrected chi connectivity index (χ2v) is 9.89. The molecule has 0 aliphatic carbocycles. The molecule has 1 atom stereocenters. The Bertz CT molecular complexity index is 1570. The molecule has 0 radical (unpaired) electrons. The van der Waals surface area contributed by atoms with Crippen molar-refractivity contribution in [3.63, 3.8) is 0 Å². The first-order valence-electron chi connectivity index (χ1n) is 13.1. The number of benzene rings is 2. The summed E-state index contributed by atoms with van der Waals surface area (Å²) < 4.78 is 52.8. The van der Waals surface area contributed by atoms with Crippen LogP contribution in [0.4, 0.5) is 17.6 Å².